The first-order valence-electron chi connectivity index (χ1n) is 10.8. The Morgan fingerprint density at radius 2 is 1.81 bits per heavy atom. The number of halogens is 1. The number of carbonyl (C=O) groups is 2. The van der Waals surface area contributed by atoms with Gasteiger partial charge in [0.15, 0.2) is 5.76 Å². The van der Waals surface area contributed by atoms with Gasteiger partial charge < -0.3 is 14.2 Å². The molecule has 0 saturated carbocycles. The largest absolute Gasteiger partial charge is 0.459 e. The van der Waals surface area contributed by atoms with Gasteiger partial charge in [0.2, 0.25) is 5.91 Å². The lowest BCUT2D eigenvalue weighted by Crippen LogP contribution is -2.44. The molecular formula is C25H29FN2O3S. The molecule has 1 aromatic carbocycles. The summed E-state index contributed by atoms with van der Waals surface area (Å²) in [5.74, 6) is -0.308. The minimum absolute atomic E-state index is 0.0462. The van der Waals surface area contributed by atoms with Gasteiger partial charge in [0, 0.05) is 22.8 Å². The fourth-order valence-electron chi connectivity index (χ4n) is 3.34. The maximum absolute atomic E-state index is 13.4. The van der Waals surface area contributed by atoms with Gasteiger partial charge in [-0.1, -0.05) is 32.4 Å². The van der Waals surface area contributed by atoms with E-state index in [1.807, 2.05) is 19.1 Å². The topological polar surface area (TPSA) is 53.8 Å². The minimum Gasteiger partial charge on any atom is -0.459 e. The summed E-state index contributed by atoms with van der Waals surface area (Å²) in [6.07, 6.45) is 2.35. The first kappa shape index (κ1) is 23.7. The van der Waals surface area contributed by atoms with Crippen LogP contribution >= 0.6 is 11.3 Å². The van der Waals surface area contributed by atoms with Gasteiger partial charge in [0.05, 0.1) is 12.8 Å². The van der Waals surface area contributed by atoms with Crippen molar-refractivity contribution in [3.63, 3.8) is 0 Å². The molecule has 0 bridgehead atoms. The molecule has 0 aliphatic heterocycles. The predicted molar refractivity (Wildman–Crippen MR) is 124 cm³/mol. The summed E-state index contributed by atoms with van der Waals surface area (Å²) >= 11 is 1.63. The van der Waals surface area contributed by atoms with Crippen molar-refractivity contribution < 1.29 is 18.4 Å². The van der Waals surface area contributed by atoms with Gasteiger partial charge in [0.25, 0.3) is 5.91 Å². The molecule has 32 heavy (non-hydrogen) atoms. The highest BCUT2D eigenvalue weighted by atomic mass is 32.1. The second-order valence-electron chi connectivity index (χ2n) is 8.07. The van der Waals surface area contributed by atoms with Crippen LogP contribution < -0.4 is 0 Å². The molecule has 0 fully saturated rings. The molecule has 5 nitrogen and oxygen atoms in total. The van der Waals surface area contributed by atoms with Crippen LogP contribution in [0.15, 0.2) is 59.2 Å². The van der Waals surface area contributed by atoms with Crippen LogP contribution in [0.2, 0.25) is 0 Å². The SMILES string of the molecule is CCC(C)CN(CC(=O)N(Cc1ccc(F)cc1)Cc1ccc(C)s1)C(=O)c1ccco1. The van der Waals surface area contributed by atoms with Crippen LogP contribution in [0.25, 0.3) is 0 Å². The van der Waals surface area contributed by atoms with Crippen molar-refractivity contribution in [1.82, 2.24) is 9.80 Å². The Morgan fingerprint density at radius 1 is 1.06 bits per heavy atom. The molecule has 3 aromatic rings. The highest BCUT2D eigenvalue weighted by molar-refractivity contribution is 7.11. The van der Waals surface area contributed by atoms with E-state index < -0.39 is 0 Å². The molecule has 170 valence electrons. The van der Waals surface area contributed by atoms with Crippen molar-refractivity contribution in [2.24, 2.45) is 5.92 Å². The Bertz CT molecular complexity index is 1010. The summed E-state index contributed by atoms with van der Waals surface area (Å²) in [6.45, 7) is 7.32. The molecule has 0 spiro atoms. The van der Waals surface area contributed by atoms with E-state index in [-0.39, 0.29) is 35.9 Å². The summed E-state index contributed by atoms with van der Waals surface area (Å²) in [5, 5.41) is 0. The zero-order chi connectivity index (χ0) is 23.1. The smallest absolute Gasteiger partial charge is 0.290 e. The summed E-state index contributed by atoms with van der Waals surface area (Å²) in [6, 6.07) is 13.5. The average Bonchev–Trinajstić information content (AvgIpc) is 3.45. The molecule has 7 heteroatoms. The first-order chi connectivity index (χ1) is 15.4. The van der Waals surface area contributed by atoms with Crippen molar-refractivity contribution in [3.8, 4) is 0 Å². The van der Waals surface area contributed by atoms with Crippen LogP contribution in [-0.2, 0) is 17.9 Å². The van der Waals surface area contributed by atoms with Crippen LogP contribution in [0.3, 0.4) is 0 Å². The van der Waals surface area contributed by atoms with E-state index in [2.05, 4.69) is 13.8 Å². The van der Waals surface area contributed by atoms with Gasteiger partial charge in [-0.3, -0.25) is 9.59 Å². The number of furan rings is 1. The molecule has 0 aliphatic rings. The lowest BCUT2D eigenvalue weighted by atomic mass is 10.1. The van der Waals surface area contributed by atoms with Gasteiger partial charge in [-0.05, 0) is 54.8 Å². The first-order valence-corrected chi connectivity index (χ1v) is 11.6. The zero-order valence-corrected chi connectivity index (χ0v) is 19.5. The van der Waals surface area contributed by atoms with Crippen LogP contribution in [-0.4, -0.2) is 34.7 Å². The molecule has 2 aromatic heterocycles. The number of rotatable bonds is 10. The lowest BCUT2D eigenvalue weighted by Gasteiger charge is -2.28. The summed E-state index contributed by atoms with van der Waals surface area (Å²) < 4.78 is 18.6. The van der Waals surface area contributed by atoms with E-state index in [1.54, 1.807) is 45.4 Å². The third-order valence-electron chi connectivity index (χ3n) is 5.36. The molecular weight excluding hydrogens is 427 g/mol. The van der Waals surface area contributed by atoms with E-state index in [0.29, 0.717) is 19.6 Å². The number of nitrogens with zero attached hydrogens (tertiary/aromatic N) is 2. The number of amides is 2. The van der Waals surface area contributed by atoms with Gasteiger partial charge in [0.1, 0.15) is 12.4 Å². The van der Waals surface area contributed by atoms with Crippen LogP contribution in [0.5, 0.6) is 0 Å². The second-order valence-corrected chi connectivity index (χ2v) is 9.44. The van der Waals surface area contributed by atoms with Gasteiger partial charge in [-0.15, -0.1) is 11.3 Å². The zero-order valence-electron chi connectivity index (χ0n) is 18.7. The molecule has 0 aliphatic carbocycles. The maximum atomic E-state index is 13.4. The fraction of sp³-hybridized carbons (Fsp3) is 0.360. The van der Waals surface area contributed by atoms with Crippen LogP contribution in [0, 0.1) is 18.7 Å². The van der Waals surface area contributed by atoms with Crippen LogP contribution in [0.1, 0.15) is 46.1 Å². The normalized spacial score (nSPS) is 11.9. The van der Waals surface area contributed by atoms with Gasteiger partial charge in [-0.2, -0.15) is 0 Å². The average molecular weight is 457 g/mol. The number of aryl methyl sites for hydroxylation is 1. The quantitative estimate of drug-likeness (QED) is 0.404. The fourth-order valence-corrected chi connectivity index (χ4v) is 4.25. The number of hydrogen-bond acceptors (Lipinski definition) is 4. The van der Waals surface area contributed by atoms with Crippen molar-refractivity contribution in [3.05, 3.63) is 81.7 Å². The second kappa shape index (κ2) is 11.1. The van der Waals surface area contributed by atoms with Crippen molar-refractivity contribution >= 4 is 23.2 Å². The molecule has 0 N–H and O–H groups in total. The Kier molecular flexibility index (Phi) is 8.22. The Balaban J connectivity index is 1.81. The molecule has 2 amide bonds. The summed E-state index contributed by atoms with van der Waals surface area (Å²) in [5.41, 5.74) is 0.832. The van der Waals surface area contributed by atoms with E-state index in [4.69, 9.17) is 4.42 Å². The number of hydrogen-bond donors (Lipinski definition) is 0. The van der Waals surface area contributed by atoms with Gasteiger partial charge >= 0.3 is 0 Å². The monoisotopic (exact) mass is 456 g/mol. The molecule has 0 radical (unpaired) electrons. The highest BCUT2D eigenvalue weighted by Crippen LogP contribution is 2.20. The Morgan fingerprint density at radius 3 is 2.41 bits per heavy atom. The van der Waals surface area contributed by atoms with Crippen molar-refractivity contribution in [1.29, 1.82) is 0 Å². The molecule has 1 atom stereocenters. The standard InChI is InChI=1S/C25H29FN2O3S/c1-4-18(2)14-28(25(30)23-6-5-13-31-23)17-24(29)27(16-22-12-7-19(3)32-22)15-20-8-10-21(26)11-9-20/h5-13,18H,4,14-17H2,1-3H3. The molecule has 1 unspecified atom stereocenters. The Hall–Kier alpha value is -2.93. The highest BCUT2D eigenvalue weighted by Gasteiger charge is 2.25. The van der Waals surface area contributed by atoms with Gasteiger partial charge in [-0.25, -0.2) is 4.39 Å². The number of carbonyl (C=O) groups excluding carboxylic acids is 2. The van der Waals surface area contributed by atoms with E-state index in [0.717, 1.165) is 16.9 Å². The van der Waals surface area contributed by atoms with Crippen molar-refractivity contribution in [2.45, 2.75) is 40.3 Å². The number of thiophene rings is 1. The molecule has 2 heterocycles. The summed E-state index contributed by atoms with van der Waals surface area (Å²) in [7, 11) is 0. The number of benzene rings is 1. The minimum atomic E-state index is -0.315. The molecule has 0 saturated heterocycles. The van der Waals surface area contributed by atoms with Crippen LogP contribution in [0.4, 0.5) is 4.39 Å². The van der Waals surface area contributed by atoms with Crippen molar-refractivity contribution in [2.75, 3.05) is 13.1 Å². The lowest BCUT2D eigenvalue weighted by molar-refractivity contribution is -0.133. The summed E-state index contributed by atoms with van der Waals surface area (Å²) in [4.78, 5) is 31.9. The Labute approximate surface area is 192 Å². The van der Waals surface area contributed by atoms with E-state index in [9.17, 15) is 14.0 Å². The third kappa shape index (κ3) is 6.53. The molecule has 3 rings (SSSR count). The maximum Gasteiger partial charge on any atom is 0.290 e. The predicted octanol–water partition coefficient (Wildman–Crippen LogP) is 5.51. The van der Waals surface area contributed by atoms with E-state index >= 15 is 0 Å². The third-order valence-corrected chi connectivity index (χ3v) is 6.34. The van der Waals surface area contributed by atoms with E-state index in [1.165, 1.54) is 23.3 Å².